The Balaban J connectivity index is 1.93. The Morgan fingerprint density at radius 3 is 2.56 bits per heavy atom. The van der Waals surface area contributed by atoms with Crippen LogP contribution in [-0.4, -0.2) is 30.6 Å². The molecule has 0 aromatic heterocycles. The second kappa shape index (κ2) is 6.35. The molecule has 1 saturated carbocycles. The zero-order valence-electron chi connectivity index (χ0n) is 10.0. The molecule has 1 rings (SSSR count). The summed E-state index contributed by atoms with van der Waals surface area (Å²) in [4.78, 5) is 22.4. The maximum atomic E-state index is 11.3. The SMILES string of the molecule is CC(C)NC(=O)NCCCC(=O)NC1CC1. The van der Waals surface area contributed by atoms with Crippen LogP contribution >= 0.6 is 0 Å². The summed E-state index contributed by atoms with van der Waals surface area (Å²) in [5.74, 6) is 0.0913. The van der Waals surface area contributed by atoms with Gasteiger partial charge in [-0.3, -0.25) is 4.79 Å². The molecule has 3 amide bonds. The van der Waals surface area contributed by atoms with Gasteiger partial charge in [-0.2, -0.15) is 0 Å². The van der Waals surface area contributed by atoms with Gasteiger partial charge in [-0.05, 0) is 33.1 Å². The van der Waals surface area contributed by atoms with Crippen LogP contribution in [0.3, 0.4) is 0 Å². The Bertz CT molecular complexity index is 232. The first-order valence-corrected chi connectivity index (χ1v) is 5.91. The van der Waals surface area contributed by atoms with E-state index in [1.54, 1.807) is 0 Å². The molecule has 3 N–H and O–H groups in total. The van der Waals surface area contributed by atoms with Crippen molar-refractivity contribution in [2.75, 3.05) is 6.54 Å². The molecule has 0 unspecified atom stereocenters. The normalized spacial score (nSPS) is 14.7. The molecule has 0 aliphatic heterocycles. The summed E-state index contributed by atoms with van der Waals surface area (Å²) in [6.07, 6.45) is 3.39. The number of carbonyl (C=O) groups excluding carboxylic acids is 2. The van der Waals surface area contributed by atoms with Gasteiger partial charge in [0.1, 0.15) is 0 Å². The van der Waals surface area contributed by atoms with Crippen molar-refractivity contribution in [3.05, 3.63) is 0 Å². The molecule has 1 fully saturated rings. The minimum Gasteiger partial charge on any atom is -0.353 e. The fourth-order valence-electron chi connectivity index (χ4n) is 1.29. The zero-order valence-corrected chi connectivity index (χ0v) is 10.0. The van der Waals surface area contributed by atoms with Gasteiger partial charge in [-0.1, -0.05) is 0 Å². The molecule has 0 radical (unpaired) electrons. The summed E-state index contributed by atoms with van der Waals surface area (Å²) in [5.41, 5.74) is 0. The third kappa shape index (κ3) is 6.27. The second-order valence-corrected chi connectivity index (χ2v) is 4.50. The molecule has 5 heteroatoms. The number of carbonyl (C=O) groups is 2. The third-order valence-corrected chi connectivity index (χ3v) is 2.23. The lowest BCUT2D eigenvalue weighted by Crippen LogP contribution is -2.40. The van der Waals surface area contributed by atoms with Crippen LogP contribution in [0.15, 0.2) is 0 Å². The van der Waals surface area contributed by atoms with Crippen molar-refractivity contribution >= 4 is 11.9 Å². The van der Waals surface area contributed by atoms with Gasteiger partial charge in [-0.15, -0.1) is 0 Å². The summed E-state index contributed by atoms with van der Waals surface area (Å²) in [6, 6.07) is 0.389. The van der Waals surface area contributed by atoms with E-state index in [0.717, 1.165) is 12.8 Å². The van der Waals surface area contributed by atoms with Crippen LogP contribution in [0.5, 0.6) is 0 Å². The fourth-order valence-corrected chi connectivity index (χ4v) is 1.29. The molecule has 0 spiro atoms. The smallest absolute Gasteiger partial charge is 0.314 e. The topological polar surface area (TPSA) is 70.2 Å². The molecule has 0 aromatic rings. The van der Waals surface area contributed by atoms with Gasteiger partial charge < -0.3 is 16.0 Å². The van der Waals surface area contributed by atoms with E-state index >= 15 is 0 Å². The Labute approximate surface area is 96.4 Å². The predicted molar refractivity (Wildman–Crippen MR) is 62.1 cm³/mol. The van der Waals surface area contributed by atoms with Gasteiger partial charge in [-0.25, -0.2) is 4.79 Å². The first-order chi connectivity index (χ1) is 7.58. The van der Waals surface area contributed by atoms with E-state index in [9.17, 15) is 9.59 Å². The second-order valence-electron chi connectivity index (χ2n) is 4.50. The minimum absolute atomic E-state index is 0.0913. The van der Waals surface area contributed by atoms with Gasteiger partial charge in [0.2, 0.25) is 5.91 Å². The molecule has 0 saturated heterocycles. The van der Waals surface area contributed by atoms with E-state index < -0.39 is 0 Å². The lowest BCUT2D eigenvalue weighted by molar-refractivity contribution is -0.121. The zero-order chi connectivity index (χ0) is 12.0. The summed E-state index contributed by atoms with van der Waals surface area (Å²) in [5, 5.41) is 8.34. The van der Waals surface area contributed by atoms with E-state index in [1.165, 1.54) is 0 Å². The average Bonchev–Trinajstić information content (AvgIpc) is 2.95. The minimum atomic E-state index is -0.169. The molecular formula is C11H21N3O2. The average molecular weight is 227 g/mol. The highest BCUT2D eigenvalue weighted by Gasteiger charge is 2.22. The van der Waals surface area contributed by atoms with Crippen LogP contribution in [0, 0.1) is 0 Å². The maximum Gasteiger partial charge on any atom is 0.314 e. The highest BCUT2D eigenvalue weighted by Crippen LogP contribution is 2.18. The van der Waals surface area contributed by atoms with Crippen LogP contribution in [0.2, 0.25) is 0 Å². The quantitative estimate of drug-likeness (QED) is 0.586. The Kier molecular flexibility index (Phi) is 5.08. The standard InChI is InChI=1S/C11H21N3O2/c1-8(2)13-11(16)12-7-3-4-10(15)14-9-5-6-9/h8-9H,3-7H2,1-2H3,(H,14,15)(H2,12,13,16). The Morgan fingerprint density at radius 1 is 1.31 bits per heavy atom. The van der Waals surface area contributed by atoms with Crippen molar-refractivity contribution in [3.63, 3.8) is 0 Å². The van der Waals surface area contributed by atoms with Gasteiger partial charge >= 0.3 is 6.03 Å². The largest absolute Gasteiger partial charge is 0.353 e. The van der Waals surface area contributed by atoms with Crippen LogP contribution < -0.4 is 16.0 Å². The Hall–Kier alpha value is -1.26. The monoisotopic (exact) mass is 227 g/mol. The van der Waals surface area contributed by atoms with Gasteiger partial charge in [0.25, 0.3) is 0 Å². The van der Waals surface area contributed by atoms with E-state index in [1.807, 2.05) is 13.8 Å². The summed E-state index contributed by atoms with van der Waals surface area (Å²) in [7, 11) is 0. The Morgan fingerprint density at radius 2 is 2.00 bits per heavy atom. The highest BCUT2D eigenvalue weighted by molar-refractivity contribution is 5.77. The molecule has 5 nitrogen and oxygen atoms in total. The molecule has 0 aromatic carbocycles. The third-order valence-electron chi connectivity index (χ3n) is 2.23. The number of rotatable bonds is 6. The molecular weight excluding hydrogens is 206 g/mol. The van der Waals surface area contributed by atoms with E-state index in [0.29, 0.717) is 25.4 Å². The van der Waals surface area contributed by atoms with Crippen molar-refractivity contribution in [1.29, 1.82) is 0 Å². The fraction of sp³-hybridized carbons (Fsp3) is 0.818. The molecule has 0 heterocycles. The summed E-state index contributed by atoms with van der Waals surface area (Å²) in [6.45, 7) is 4.35. The molecule has 16 heavy (non-hydrogen) atoms. The number of amides is 3. The van der Waals surface area contributed by atoms with Crippen LogP contribution in [0.25, 0.3) is 0 Å². The number of urea groups is 1. The summed E-state index contributed by atoms with van der Waals surface area (Å²) >= 11 is 0. The van der Waals surface area contributed by atoms with Gasteiger partial charge in [0.15, 0.2) is 0 Å². The van der Waals surface area contributed by atoms with Crippen molar-refractivity contribution < 1.29 is 9.59 Å². The van der Waals surface area contributed by atoms with Crippen molar-refractivity contribution in [3.8, 4) is 0 Å². The van der Waals surface area contributed by atoms with Crippen LogP contribution in [0.4, 0.5) is 4.79 Å². The van der Waals surface area contributed by atoms with Crippen LogP contribution in [-0.2, 0) is 4.79 Å². The molecule has 0 bridgehead atoms. The first-order valence-electron chi connectivity index (χ1n) is 5.91. The van der Waals surface area contributed by atoms with Crippen molar-refractivity contribution in [1.82, 2.24) is 16.0 Å². The first kappa shape index (κ1) is 12.8. The van der Waals surface area contributed by atoms with E-state index in [2.05, 4.69) is 16.0 Å². The van der Waals surface area contributed by atoms with E-state index in [-0.39, 0.29) is 18.0 Å². The van der Waals surface area contributed by atoms with E-state index in [4.69, 9.17) is 0 Å². The maximum absolute atomic E-state index is 11.3. The lowest BCUT2D eigenvalue weighted by atomic mass is 10.3. The van der Waals surface area contributed by atoms with Gasteiger partial charge in [0, 0.05) is 25.0 Å². The lowest BCUT2D eigenvalue weighted by Gasteiger charge is -2.09. The molecule has 1 aliphatic rings. The number of hydrogen-bond donors (Lipinski definition) is 3. The molecule has 1 aliphatic carbocycles. The highest BCUT2D eigenvalue weighted by atomic mass is 16.2. The molecule has 92 valence electrons. The predicted octanol–water partition coefficient (Wildman–Crippen LogP) is 0.753. The van der Waals surface area contributed by atoms with Crippen molar-refractivity contribution in [2.45, 2.75) is 51.6 Å². The summed E-state index contributed by atoms with van der Waals surface area (Å²) < 4.78 is 0. The molecule has 0 atom stereocenters. The number of nitrogens with one attached hydrogen (secondary N) is 3. The van der Waals surface area contributed by atoms with Crippen LogP contribution in [0.1, 0.15) is 39.5 Å². The van der Waals surface area contributed by atoms with Gasteiger partial charge in [0.05, 0.1) is 0 Å². The van der Waals surface area contributed by atoms with Crippen molar-refractivity contribution in [2.24, 2.45) is 0 Å². The number of hydrogen-bond acceptors (Lipinski definition) is 2.